The van der Waals surface area contributed by atoms with Gasteiger partial charge in [0.05, 0.1) is 0 Å². The minimum absolute atomic E-state index is 0.140. The summed E-state index contributed by atoms with van der Waals surface area (Å²) in [6, 6.07) is 16.5. The van der Waals surface area contributed by atoms with Crippen LogP contribution in [-0.4, -0.2) is 23.1 Å². The molecule has 1 atom stereocenters. The van der Waals surface area contributed by atoms with E-state index in [1.165, 1.54) is 0 Å². The lowest BCUT2D eigenvalue weighted by atomic mass is 10.2. The Morgan fingerprint density at radius 2 is 1.83 bits per heavy atom. The van der Waals surface area contributed by atoms with Crippen LogP contribution < -0.4 is 10.1 Å². The number of carbonyl (C=O) groups excluding carboxylic acids is 1. The van der Waals surface area contributed by atoms with E-state index in [0.29, 0.717) is 23.0 Å². The lowest BCUT2D eigenvalue weighted by molar-refractivity contribution is 0.0963. The Hall–Kier alpha value is -3.15. The third-order valence-electron chi connectivity index (χ3n) is 3.48. The number of carbonyl (C=O) groups is 1. The van der Waals surface area contributed by atoms with Crippen molar-refractivity contribution < 1.29 is 14.1 Å². The van der Waals surface area contributed by atoms with E-state index in [9.17, 15) is 4.79 Å². The summed E-state index contributed by atoms with van der Waals surface area (Å²) >= 11 is 0. The summed E-state index contributed by atoms with van der Waals surface area (Å²) in [5.74, 6) is 1.40. The van der Waals surface area contributed by atoms with Crippen LogP contribution in [0.25, 0.3) is 11.4 Å². The number of nitrogens with zero attached hydrogens (tertiary/aromatic N) is 2. The Balaban J connectivity index is 1.70. The third-order valence-corrected chi connectivity index (χ3v) is 3.48. The molecule has 0 saturated carbocycles. The number of aromatic nitrogens is 2. The average Bonchev–Trinajstić information content (AvgIpc) is 3.13. The molecule has 2 aromatic carbocycles. The maximum Gasteiger partial charge on any atom is 0.267 e. The largest absolute Gasteiger partial charge is 0.481 e. The lowest BCUT2D eigenvalue weighted by Gasteiger charge is -2.11. The van der Waals surface area contributed by atoms with E-state index < -0.39 is 6.10 Å². The van der Waals surface area contributed by atoms with Gasteiger partial charge in [0.15, 0.2) is 6.10 Å². The van der Waals surface area contributed by atoms with Gasteiger partial charge in [-0.3, -0.25) is 4.79 Å². The maximum atomic E-state index is 11.5. The van der Waals surface area contributed by atoms with Gasteiger partial charge in [0, 0.05) is 18.2 Å². The van der Waals surface area contributed by atoms with Crippen molar-refractivity contribution in [1.29, 1.82) is 0 Å². The van der Waals surface area contributed by atoms with Gasteiger partial charge in [-0.15, -0.1) is 0 Å². The van der Waals surface area contributed by atoms with Gasteiger partial charge in [0.2, 0.25) is 5.82 Å². The summed E-state index contributed by atoms with van der Waals surface area (Å²) in [7, 11) is 1.59. The molecular formula is C18H17N3O3. The van der Waals surface area contributed by atoms with Gasteiger partial charge in [-0.25, -0.2) is 0 Å². The molecule has 1 amide bonds. The van der Waals surface area contributed by atoms with Gasteiger partial charge in [-0.05, 0) is 31.2 Å². The van der Waals surface area contributed by atoms with Crippen LogP contribution in [0.5, 0.6) is 5.75 Å². The fourth-order valence-electron chi connectivity index (χ4n) is 2.19. The van der Waals surface area contributed by atoms with Crippen molar-refractivity contribution in [2.24, 2.45) is 0 Å². The lowest BCUT2D eigenvalue weighted by Crippen LogP contribution is -2.17. The summed E-state index contributed by atoms with van der Waals surface area (Å²) in [6.45, 7) is 1.83. The van der Waals surface area contributed by atoms with Gasteiger partial charge in [-0.2, -0.15) is 4.98 Å². The second kappa shape index (κ2) is 6.95. The molecular weight excluding hydrogens is 306 g/mol. The summed E-state index contributed by atoms with van der Waals surface area (Å²) in [5, 5.41) is 6.55. The quantitative estimate of drug-likeness (QED) is 0.780. The molecule has 1 N–H and O–H groups in total. The summed E-state index contributed by atoms with van der Waals surface area (Å²) in [5.41, 5.74) is 1.45. The van der Waals surface area contributed by atoms with Crippen LogP contribution in [0.2, 0.25) is 0 Å². The molecule has 6 heteroatoms. The van der Waals surface area contributed by atoms with Crippen LogP contribution in [0.15, 0.2) is 59.1 Å². The molecule has 0 aliphatic heterocycles. The predicted octanol–water partition coefficient (Wildman–Crippen LogP) is 3.24. The summed E-state index contributed by atoms with van der Waals surface area (Å²) < 4.78 is 11.1. The van der Waals surface area contributed by atoms with E-state index in [0.717, 1.165) is 5.56 Å². The van der Waals surface area contributed by atoms with Crippen LogP contribution in [0.1, 0.15) is 29.3 Å². The topological polar surface area (TPSA) is 77.2 Å². The number of hydrogen-bond acceptors (Lipinski definition) is 5. The molecule has 0 radical (unpaired) electrons. The highest BCUT2D eigenvalue weighted by Gasteiger charge is 2.17. The van der Waals surface area contributed by atoms with Gasteiger partial charge in [0.25, 0.3) is 11.8 Å². The molecule has 6 nitrogen and oxygen atoms in total. The van der Waals surface area contributed by atoms with E-state index in [-0.39, 0.29) is 5.91 Å². The molecule has 0 saturated heterocycles. The normalized spacial score (nSPS) is 11.8. The highest BCUT2D eigenvalue weighted by molar-refractivity contribution is 5.94. The number of rotatable bonds is 5. The molecule has 0 fully saturated rings. The first-order valence-electron chi connectivity index (χ1n) is 7.55. The average molecular weight is 323 g/mol. The molecule has 0 spiro atoms. The minimum atomic E-state index is -0.402. The SMILES string of the molecule is CNC(=O)c1ccc(OC(C)c2nc(-c3ccccc3)no2)cc1. The molecule has 1 unspecified atom stereocenters. The Kier molecular flexibility index (Phi) is 4.56. The van der Waals surface area contributed by atoms with Crippen LogP contribution in [-0.2, 0) is 0 Å². The van der Waals surface area contributed by atoms with E-state index in [2.05, 4.69) is 15.5 Å². The van der Waals surface area contributed by atoms with Crippen molar-refractivity contribution in [3.05, 3.63) is 66.1 Å². The van der Waals surface area contributed by atoms with Crippen molar-refractivity contribution in [1.82, 2.24) is 15.5 Å². The highest BCUT2D eigenvalue weighted by Crippen LogP contribution is 2.23. The zero-order valence-electron chi connectivity index (χ0n) is 13.4. The van der Waals surface area contributed by atoms with Gasteiger partial charge >= 0.3 is 0 Å². The highest BCUT2D eigenvalue weighted by atomic mass is 16.5. The number of benzene rings is 2. The Morgan fingerprint density at radius 1 is 1.12 bits per heavy atom. The van der Waals surface area contributed by atoms with Crippen molar-refractivity contribution in [2.75, 3.05) is 7.05 Å². The predicted molar refractivity (Wildman–Crippen MR) is 88.6 cm³/mol. The first-order chi connectivity index (χ1) is 11.7. The molecule has 122 valence electrons. The first kappa shape index (κ1) is 15.7. The van der Waals surface area contributed by atoms with Crippen molar-refractivity contribution in [3.8, 4) is 17.1 Å². The number of amides is 1. The fraction of sp³-hybridized carbons (Fsp3) is 0.167. The van der Waals surface area contributed by atoms with E-state index in [4.69, 9.17) is 9.26 Å². The number of hydrogen-bond donors (Lipinski definition) is 1. The molecule has 24 heavy (non-hydrogen) atoms. The van der Waals surface area contributed by atoms with Crippen LogP contribution in [0.4, 0.5) is 0 Å². The van der Waals surface area contributed by atoms with E-state index >= 15 is 0 Å². The molecule has 0 aliphatic carbocycles. The summed E-state index contributed by atoms with van der Waals surface area (Å²) in [6.07, 6.45) is -0.402. The molecule has 3 rings (SSSR count). The van der Waals surface area contributed by atoms with E-state index in [1.54, 1.807) is 31.3 Å². The second-order valence-electron chi connectivity index (χ2n) is 5.19. The van der Waals surface area contributed by atoms with Gasteiger partial charge in [0.1, 0.15) is 5.75 Å². The Bertz CT molecular complexity index is 813. The Morgan fingerprint density at radius 3 is 2.50 bits per heavy atom. The molecule has 1 aromatic heterocycles. The van der Waals surface area contributed by atoms with Crippen LogP contribution in [0.3, 0.4) is 0 Å². The minimum Gasteiger partial charge on any atom is -0.481 e. The molecule has 3 aromatic rings. The van der Waals surface area contributed by atoms with E-state index in [1.807, 2.05) is 37.3 Å². The zero-order chi connectivity index (χ0) is 16.9. The smallest absolute Gasteiger partial charge is 0.267 e. The summed E-state index contributed by atoms with van der Waals surface area (Å²) in [4.78, 5) is 15.9. The van der Waals surface area contributed by atoms with Crippen molar-refractivity contribution >= 4 is 5.91 Å². The fourth-order valence-corrected chi connectivity index (χ4v) is 2.19. The molecule has 0 bridgehead atoms. The van der Waals surface area contributed by atoms with Crippen molar-refractivity contribution in [3.63, 3.8) is 0 Å². The second-order valence-corrected chi connectivity index (χ2v) is 5.19. The van der Waals surface area contributed by atoms with Gasteiger partial charge < -0.3 is 14.6 Å². The Labute approximate surface area is 139 Å². The standard InChI is InChI=1S/C18H17N3O3/c1-12(23-15-10-8-14(9-11-15)17(22)19-2)18-20-16(21-24-18)13-6-4-3-5-7-13/h3-12H,1-2H3,(H,19,22). The maximum absolute atomic E-state index is 11.5. The van der Waals surface area contributed by atoms with Crippen LogP contribution >= 0.6 is 0 Å². The van der Waals surface area contributed by atoms with Crippen LogP contribution in [0, 0.1) is 0 Å². The third kappa shape index (κ3) is 3.43. The molecule has 0 aliphatic rings. The van der Waals surface area contributed by atoms with Crippen molar-refractivity contribution in [2.45, 2.75) is 13.0 Å². The number of nitrogens with one attached hydrogen (secondary N) is 1. The first-order valence-corrected chi connectivity index (χ1v) is 7.55. The molecule has 1 heterocycles. The zero-order valence-corrected chi connectivity index (χ0v) is 13.4. The number of ether oxygens (including phenoxy) is 1. The monoisotopic (exact) mass is 323 g/mol. The van der Waals surface area contributed by atoms with Gasteiger partial charge in [-0.1, -0.05) is 35.5 Å².